The maximum absolute atomic E-state index is 12.8. The molecule has 2 N–H and O–H groups in total. The van der Waals surface area contributed by atoms with Crippen molar-refractivity contribution >= 4 is 11.9 Å². The van der Waals surface area contributed by atoms with Crippen molar-refractivity contribution in [3.63, 3.8) is 0 Å². The van der Waals surface area contributed by atoms with Gasteiger partial charge in [0, 0.05) is 18.7 Å². The van der Waals surface area contributed by atoms with Crippen LogP contribution < -0.4 is 4.74 Å². The number of aliphatic carboxylic acids is 1. The molecule has 1 fully saturated rings. The standard InChI is InChI=1S/C19H27NO5/c1-3-10-19(18(23)24)13-20(11-9-16(19)21)17(22)14-5-7-15(8-6-14)25-12-4-2/h5-8,16,21H,3-4,9-13H2,1-2H3,(H,23,24)/t16-,19-/m1/s1. The summed E-state index contributed by atoms with van der Waals surface area (Å²) >= 11 is 0. The Morgan fingerprint density at radius 1 is 1.24 bits per heavy atom. The van der Waals surface area contributed by atoms with Crippen molar-refractivity contribution in [2.75, 3.05) is 19.7 Å². The highest BCUT2D eigenvalue weighted by molar-refractivity contribution is 5.95. The van der Waals surface area contributed by atoms with E-state index in [1.165, 1.54) is 0 Å². The first-order chi connectivity index (χ1) is 11.9. The number of carbonyl (C=O) groups excluding carboxylic acids is 1. The summed E-state index contributed by atoms with van der Waals surface area (Å²) in [5, 5.41) is 19.9. The van der Waals surface area contributed by atoms with E-state index in [0.717, 1.165) is 6.42 Å². The second-order valence-corrected chi connectivity index (χ2v) is 6.62. The summed E-state index contributed by atoms with van der Waals surface area (Å²) in [5.74, 6) is -0.545. The molecule has 1 amide bonds. The maximum Gasteiger partial charge on any atom is 0.314 e. The van der Waals surface area contributed by atoms with Crippen LogP contribution in [0.25, 0.3) is 0 Å². The van der Waals surface area contributed by atoms with Crippen LogP contribution in [0.2, 0.25) is 0 Å². The molecule has 1 aliphatic rings. The summed E-state index contributed by atoms with van der Waals surface area (Å²) in [6.45, 7) is 4.91. The summed E-state index contributed by atoms with van der Waals surface area (Å²) in [6.07, 6.45) is 1.23. The third kappa shape index (κ3) is 4.12. The Hall–Kier alpha value is -2.08. The van der Waals surface area contributed by atoms with Crippen molar-refractivity contribution in [3.8, 4) is 5.75 Å². The zero-order valence-electron chi connectivity index (χ0n) is 14.9. The van der Waals surface area contributed by atoms with Crippen molar-refractivity contribution in [1.29, 1.82) is 0 Å². The normalized spacial score (nSPS) is 23.3. The number of aliphatic hydroxyl groups is 1. The van der Waals surface area contributed by atoms with Gasteiger partial charge in [-0.3, -0.25) is 9.59 Å². The third-order valence-electron chi connectivity index (χ3n) is 4.77. The van der Waals surface area contributed by atoms with Crippen molar-refractivity contribution in [1.82, 2.24) is 4.90 Å². The third-order valence-corrected chi connectivity index (χ3v) is 4.77. The second kappa shape index (κ2) is 8.34. The molecule has 138 valence electrons. The lowest BCUT2D eigenvalue weighted by Crippen LogP contribution is -2.57. The number of likely N-dealkylation sites (tertiary alicyclic amines) is 1. The molecular formula is C19H27NO5. The molecule has 0 spiro atoms. The zero-order chi connectivity index (χ0) is 18.4. The number of carboxylic acids is 1. The molecule has 1 heterocycles. The van der Waals surface area contributed by atoms with Crippen LogP contribution in [0.15, 0.2) is 24.3 Å². The molecule has 0 radical (unpaired) electrons. The second-order valence-electron chi connectivity index (χ2n) is 6.62. The molecule has 6 heteroatoms. The number of nitrogens with zero attached hydrogens (tertiary/aromatic N) is 1. The first kappa shape index (κ1) is 19.2. The average molecular weight is 349 g/mol. The van der Waals surface area contributed by atoms with Gasteiger partial charge in [-0.05, 0) is 43.5 Å². The van der Waals surface area contributed by atoms with E-state index in [9.17, 15) is 19.8 Å². The van der Waals surface area contributed by atoms with E-state index in [1.807, 2.05) is 13.8 Å². The van der Waals surface area contributed by atoms with Gasteiger partial charge in [0.2, 0.25) is 0 Å². The number of hydrogen-bond acceptors (Lipinski definition) is 4. The van der Waals surface area contributed by atoms with E-state index >= 15 is 0 Å². The van der Waals surface area contributed by atoms with Crippen molar-refractivity contribution in [2.45, 2.75) is 45.6 Å². The quantitative estimate of drug-likeness (QED) is 0.790. The van der Waals surface area contributed by atoms with Gasteiger partial charge in [0.25, 0.3) is 5.91 Å². The fourth-order valence-corrected chi connectivity index (χ4v) is 3.36. The summed E-state index contributed by atoms with van der Waals surface area (Å²) < 4.78 is 5.51. The molecule has 2 atom stereocenters. The maximum atomic E-state index is 12.8. The lowest BCUT2D eigenvalue weighted by Gasteiger charge is -2.43. The predicted octanol–water partition coefficient (Wildman–Crippen LogP) is 2.55. The van der Waals surface area contributed by atoms with Gasteiger partial charge >= 0.3 is 5.97 Å². The highest BCUT2D eigenvalue weighted by Crippen LogP contribution is 2.36. The van der Waals surface area contributed by atoms with Gasteiger partial charge < -0.3 is 19.8 Å². The van der Waals surface area contributed by atoms with E-state index in [2.05, 4.69) is 0 Å². The molecule has 2 rings (SSSR count). The summed E-state index contributed by atoms with van der Waals surface area (Å²) in [5.41, 5.74) is -0.789. The van der Waals surface area contributed by atoms with Crippen molar-refractivity contribution < 1.29 is 24.5 Å². The summed E-state index contributed by atoms with van der Waals surface area (Å²) in [4.78, 5) is 26.1. The lowest BCUT2D eigenvalue weighted by molar-refractivity contribution is -0.162. The molecular weight excluding hydrogens is 322 g/mol. The number of amides is 1. The Morgan fingerprint density at radius 2 is 1.92 bits per heavy atom. The zero-order valence-corrected chi connectivity index (χ0v) is 14.9. The van der Waals surface area contributed by atoms with Crippen LogP contribution in [-0.2, 0) is 4.79 Å². The number of carboxylic acid groups (broad SMARTS) is 1. The van der Waals surface area contributed by atoms with Crippen LogP contribution in [0.1, 0.15) is 49.9 Å². The van der Waals surface area contributed by atoms with Crippen LogP contribution in [0.3, 0.4) is 0 Å². The van der Waals surface area contributed by atoms with Crippen LogP contribution in [-0.4, -0.2) is 52.8 Å². The molecule has 0 bridgehead atoms. The number of rotatable bonds is 7. The van der Waals surface area contributed by atoms with Crippen LogP contribution in [0, 0.1) is 5.41 Å². The van der Waals surface area contributed by atoms with Gasteiger partial charge in [0.15, 0.2) is 0 Å². The molecule has 0 aromatic heterocycles. The highest BCUT2D eigenvalue weighted by atomic mass is 16.5. The Labute approximate surface area is 148 Å². The largest absolute Gasteiger partial charge is 0.494 e. The average Bonchev–Trinajstić information content (AvgIpc) is 2.61. The topological polar surface area (TPSA) is 87.1 Å². The Balaban J connectivity index is 2.14. The number of aliphatic hydroxyl groups excluding tert-OH is 1. The molecule has 1 aromatic rings. The number of hydrogen-bond donors (Lipinski definition) is 2. The summed E-state index contributed by atoms with van der Waals surface area (Å²) in [7, 11) is 0. The van der Waals surface area contributed by atoms with Crippen LogP contribution in [0.5, 0.6) is 5.75 Å². The smallest absolute Gasteiger partial charge is 0.314 e. The van der Waals surface area contributed by atoms with Crippen molar-refractivity contribution in [3.05, 3.63) is 29.8 Å². The first-order valence-corrected chi connectivity index (χ1v) is 8.88. The van der Waals surface area contributed by atoms with Crippen LogP contribution >= 0.6 is 0 Å². The molecule has 6 nitrogen and oxygen atoms in total. The van der Waals surface area contributed by atoms with E-state index in [1.54, 1.807) is 29.2 Å². The highest BCUT2D eigenvalue weighted by Gasteiger charge is 2.49. The van der Waals surface area contributed by atoms with E-state index in [-0.39, 0.29) is 18.9 Å². The fraction of sp³-hybridized carbons (Fsp3) is 0.579. The Kier molecular flexibility index (Phi) is 6.42. The molecule has 0 aliphatic carbocycles. The monoisotopic (exact) mass is 349 g/mol. The molecule has 0 saturated carbocycles. The molecule has 1 saturated heterocycles. The fourth-order valence-electron chi connectivity index (χ4n) is 3.36. The van der Waals surface area contributed by atoms with E-state index in [0.29, 0.717) is 37.3 Å². The minimum atomic E-state index is -1.28. The first-order valence-electron chi connectivity index (χ1n) is 8.88. The molecule has 1 aromatic carbocycles. The Morgan fingerprint density at radius 3 is 2.48 bits per heavy atom. The lowest BCUT2D eigenvalue weighted by atomic mass is 9.74. The van der Waals surface area contributed by atoms with Gasteiger partial charge in [-0.15, -0.1) is 0 Å². The SMILES string of the molecule is CCCOc1ccc(C(=O)N2CC[C@@H](O)[C@](CCC)(C(=O)O)C2)cc1. The number of benzene rings is 1. The van der Waals surface area contributed by atoms with Gasteiger partial charge in [0.1, 0.15) is 11.2 Å². The van der Waals surface area contributed by atoms with Crippen LogP contribution in [0.4, 0.5) is 0 Å². The number of piperidine rings is 1. The minimum Gasteiger partial charge on any atom is -0.494 e. The van der Waals surface area contributed by atoms with Gasteiger partial charge in [0.05, 0.1) is 12.7 Å². The predicted molar refractivity (Wildman–Crippen MR) is 93.7 cm³/mol. The number of carbonyl (C=O) groups is 2. The van der Waals surface area contributed by atoms with E-state index < -0.39 is 17.5 Å². The van der Waals surface area contributed by atoms with Crippen molar-refractivity contribution in [2.24, 2.45) is 5.41 Å². The molecule has 0 unspecified atom stereocenters. The van der Waals surface area contributed by atoms with Gasteiger partial charge in [-0.2, -0.15) is 0 Å². The molecule has 1 aliphatic heterocycles. The number of ether oxygens (including phenoxy) is 1. The van der Waals surface area contributed by atoms with Gasteiger partial charge in [-0.1, -0.05) is 20.3 Å². The van der Waals surface area contributed by atoms with E-state index in [4.69, 9.17) is 4.74 Å². The molecule has 25 heavy (non-hydrogen) atoms. The Bertz CT molecular complexity index is 600. The van der Waals surface area contributed by atoms with Gasteiger partial charge in [-0.25, -0.2) is 0 Å². The summed E-state index contributed by atoms with van der Waals surface area (Å²) in [6, 6.07) is 6.89. The minimum absolute atomic E-state index is 0.0320.